The maximum Gasteiger partial charge on any atom is 0.417 e. The zero-order valence-corrected chi connectivity index (χ0v) is 15.5. The van der Waals surface area contributed by atoms with Gasteiger partial charge in [-0.05, 0) is 30.5 Å². The van der Waals surface area contributed by atoms with Gasteiger partial charge in [-0.2, -0.15) is 0 Å². The standard InChI is InChI=1S/C18H25NO6/c1-10(2)13-9-25-18(21)19(13)17(20)11(3)12-7-14(22-4)16(24-6)15(8-12)23-5/h7-8,10-11,13H,9H2,1-6H3. The van der Waals surface area contributed by atoms with Gasteiger partial charge in [0.1, 0.15) is 6.61 Å². The first-order valence-corrected chi connectivity index (χ1v) is 8.15. The Balaban J connectivity index is 2.38. The van der Waals surface area contributed by atoms with Gasteiger partial charge in [-0.15, -0.1) is 0 Å². The molecule has 1 aromatic carbocycles. The van der Waals surface area contributed by atoms with E-state index in [1.165, 1.54) is 26.2 Å². The average molecular weight is 351 g/mol. The molecule has 0 bridgehead atoms. The first-order valence-electron chi connectivity index (χ1n) is 8.15. The number of amides is 2. The summed E-state index contributed by atoms with van der Waals surface area (Å²) in [6, 6.07) is 3.18. The first-order chi connectivity index (χ1) is 11.8. The highest BCUT2D eigenvalue weighted by Crippen LogP contribution is 2.40. The lowest BCUT2D eigenvalue weighted by Gasteiger charge is -2.26. The second kappa shape index (κ2) is 7.63. The van der Waals surface area contributed by atoms with Gasteiger partial charge < -0.3 is 18.9 Å². The number of hydrogen-bond acceptors (Lipinski definition) is 6. The van der Waals surface area contributed by atoms with E-state index >= 15 is 0 Å². The van der Waals surface area contributed by atoms with Crippen LogP contribution in [0.1, 0.15) is 32.3 Å². The van der Waals surface area contributed by atoms with Gasteiger partial charge in [0.2, 0.25) is 11.7 Å². The van der Waals surface area contributed by atoms with Crippen LogP contribution in [-0.4, -0.2) is 50.9 Å². The van der Waals surface area contributed by atoms with Gasteiger partial charge in [0.05, 0.1) is 33.3 Å². The van der Waals surface area contributed by atoms with Crippen molar-refractivity contribution >= 4 is 12.0 Å². The number of methoxy groups -OCH3 is 3. The van der Waals surface area contributed by atoms with Crippen molar-refractivity contribution in [3.8, 4) is 17.2 Å². The monoisotopic (exact) mass is 351 g/mol. The van der Waals surface area contributed by atoms with Crippen molar-refractivity contribution in [2.45, 2.75) is 32.7 Å². The van der Waals surface area contributed by atoms with Crippen LogP contribution in [0.2, 0.25) is 0 Å². The van der Waals surface area contributed by atoms with Crippen molar-refractivity contribution in [3.63, 3.8) is 0 Å². The summed E-state index contributed by atoms with van der Waals surface area (Å²) in [6.45, 7) is 5.88. The van der Waals surface area contributed by atoms with E-state index in [0.29, 0.717) is 22.8 Å². The fourth-order valence-electron chi connectivity index (χ4n) is 2.88. The quantitative estimate of drug-likeness (QED) is 0.785. The lowest BCUT2D eigenvalue weighted by molar-refractivity contribution is -0.131. The number of ether oxygens (including phenoxy) is 4. The number of hydrogen-bond donors (Lipinski definition) is 0. The summed E-state index contributed by atoms with van der Waals surface area (Å²) in [7, 11) is 4.54. The van der Waals surface area contributed by atoms with Crippen LogP contribution in [0.15, 0.2) is 12.1 Å². The fourth-order valence-corrected chi connectivity index (χ4v) is 2.88. The molecule has 1 fully saturated rings. The number of benzene rings is 1. The van der Waals surface area contributed by atoms with Crippen molar-refractivity contribution in [1.82, 2.24) is 4.90 Å². The van der Waals surface area contributed by atoms with E-state index in [4.69, 9.17) is 18.9 Å². The maximum absolute atomic E-state index is 12.9. The number of cyclic esters (lactones) is 1. The number of nitrogens with zero attached hydrogens (tertiary/aromatic N) is 1. The molecule has 0 N–H and O–H groups in total. The third-order valence-corrected chi connectivity index (χ3v) is 4.47. The SMILES string of the molecule is COc1cc(C(C)C(=O)N2C(=O)OCC2C(C)C)cc(OC)c1OC. The molecule has 0 radical (unpaired) electrons. The van der Waals surface area contributed by atoms with E-state index in [1.54, 1.807) is 19.1 Å². The molecule has 2 atom stereocenters. The summed E-state index contributed by atoms with van der Waals surface area (Å²) in [4.78, 5) is 26.2. The average Bonchev–Trinajstić information content (AvgIpc) is 3.00. The fraction of sp³-hybridized carbons (Fsp3) is 0.556. The van der Waals surface area contributed by atoms with Crippen LogP contribution in [0.25, 0.3) is 0 Å². The molecule has 2 amide bonds. The molecule has 138 valence electrons. The molecule has 2 unspecified atom stereocenters. The van der Waals surface area contributed by atoms with Gasteiger partial charge in [-0.3, -0.25) is 4.79 Å². The van der Waals surface area contributed by atoms with Crippen LogP contribution >= 0.6 is 0 Å². The summed E-state index contributed by atoms with van der Waals surface area (Å²) in [5.41, 5.74) is 0.668. The third kappa shape index (κ3) is 3.50. The Morgan fingerprint density at radius 1 is 1.12 bits per heavy atom. The molecule has 1 aromatic rings. The smallest absolute Gasteiger partial charge is 0.417 e. The van der Waals surface area contributed by atoms with Crippen molar-refractivity contribution in [3.05, 3.63) is 17.7 Å². The van der Waals surface area contributed by atoms with Crippen molar-refractivity contribution in [1.29, 1.82) is 0 Å². The molecule has 2 rings (SSSR count). The van der Waals surface area contributed by atoms with E-state index in [-0.39, 0.29) is 24.5 Å². The van der Waals surface area contributed by atoms with Gasteiger partial charge in [0.15, 0.2) is 11.5 Å². The summed E-state index contributed by atoms with van der Waals surface area (Å²) >= 11 is 0. The van der Waals surface area contributed by atoms with E-state index in [9.17, 15) is 9.59 Å². The van der Waals surface area contributed by atoms with Crippen LogP contribution < -0.4 is 14.2 Å². The van der Waals surface area contributed by atoms with Gasteiger partial charge in [0.25, 0.3) is 0 Å². The summed E-state index contributed by atoms with van der Waals surface area (Å²) in [5, 5.41) is 0. The molecule has 7 nitrogen and oxygen atoms in total. The lowest BCUT2D eigenvalue weighted by Crippen LogP contribution is -2.43. The minimum Gasteiger partial charge on any atom is -0.493 e. The van der Waals surface area contributed by atoms with Gasteiger partial charge in [-0.1, -0.05) is 13.8 Å². The molecule has 7 heteroatoms. The predicted molar refractivity (Wildman–Crippen MR) is 91.3 cm³/mol. The Morgan fingerprint density at radius 2 is 1.68 bits per heavy atom. The number of rotatable bonds is 6. The molecule has 1 saturated heterocycles. The number of carbonyl (C=O) groups is 2. The van der Waals surface area contributed by atoms with Gasteiger partial charge >= 0.3 is 6.09 Å². The van der Waals surface area contributed by atoms with Gasteiger partial charge in [-0.25, -0.2) is 9.69 Å². The highest BCUT2D eigenvalue weighted by atomic mass is 16.6. The first kappa shape index (κ1) is 18.9. The van der Waals surface area contributed by atoms with Crippen LogP contribution in [0.3, 0.4) is 0 Å². The van der Waals surface area contributed by atoms with Crippen LogP contribution in [-0.2, 0) is 9.53 Å². The Labute approximate surface area is 147 Å². The summed E-state index contributed by atoms with van der Waals surface area (Å²) < 4.78 is 21.0. The van der Waals surface area contributed by atoms with E-state index < -0.39 is 12.0 Å². The summed E-state index contributed by atoms with van der Waals surface area (Å²) in [6.07, 6.45) is -0.594. The molecule has 1 aliphatic rings. The van der Waals surface area contributed by atoms with Crippen LogP contribution in [0.4, 0.5) is 4.79 Å². The highest BCUT2D eigenvalue weighted by molar-refractivity contribution is 5.97. The molecule has 0 saturated carbocycles. The molecule has 0 aliphatic carbocycles. The van der Waals surface area contributed by atoms with E-state index in [2.05, 4.69) is 0 Å². The van der Waals surface area contributed by atoms with Crippen molar-refractivity contribution in [2.24, 2.45) is 5.92 Å². The summed E-state index contributed by atoms with van der Waals surface area (Å²) in [5.74, 6) is 0.606. The van der Waals surface area contributed by atoms with Gasteiger partial charge in [0, 0.05) is 0 Å². The molecule has 25 heavy (non-hydrogen) atoms. The molecule has 0 aromatic heterocycles. The normalized spacial score (nSPS) is 18.1. The largest absolute Gasteiger partial charge is 0.493 e. The highest BCUT2D eigenvalue weighted by Gasteiger charge is 2.41. The van der Waals surface area contributed by atoms with Crippen molar-refractivity contribution < 1.29 is 28.5 Å². The second-order valence-corrected chi connectivity index (χ2v) is 6.28. The second-order valence-electron chi connectivity index (χ2n) is 6.28. The minimum atomic E-state index is -0.594. The zero-order chi connectivity index (χ0) is 18.7. The van der Waals surface area contributed by atoms with E-state index in [0.717, 1.165) is 0 Å². The molecule has 0 spiro atoms. The number of imide groups is 1. The molecular formula is C18H25NO6. The third-order valence-electron chi connectivity index (χ3n) is 4.47. The Morgan fingerprint density at radius 3 is 2.12 bits per heavy atom. The molecule has 1 aliphatic heterocycles. The van der Waals surface area contributed by atoms with Crippen LogP contribution in [0, 0.1) is 5.92 Å². The Hall–Kier alpha value is -2.44. The molecular weight excluding hydrogens is 326 g/mol. The van der Waals surface area contributed by atoms with Crippen molar-refractivity contribution in [2.75, 3.05) is 27.9 Å². The maximum atomic E-state index is 12.9. The van der Waals surface area contributed by atoms with E-state index in [1.807, 2.05) is 13.8 Å². The zero-order valence-electron chi connectivity index (χ0n) is 15.5. The lowest BCUT2D eigenvalue weighted by atomic mass is 9.96. The van der Waals surface area contributed by atoms with Crippen LogP contribution in [0.5, 0.6) is 17.2 Å². The molecule has 1 heterocycles. The number of carbonyl (C=O) groups excluding carboxylic acids is 2. The Kier molecular flexibility index (Phi) is 5.77. The minimum absolute atomic E-state index is 0.113. The predicted octanol–water partition coefficient (Wildman–Crippen LogP) is 2.82. The topological polar surface area (TPSA) is 74.3 Å². The Bertz CT molecular complexity index is 632.